The van der Waals surface area contributed by atoms with Gasteiger partial charge >= 0.3 is 0 Å². The molecule has 0 spiro atoms. The number of hydrogen-bond acceptors (Lipinski definition) is 2. The third kappa shape index (κ3) is 3.99. The summed E-state index contributed by atoms with van der Waals surface area (Å²) in [5.41, 5.74) is 1.35. The first-order valence-electron chi connectivity index (χ1n) is 8.09. The molecule has 0 saturated heterocycles. The van der Waals surface area contributed by atoms with Crippen LogP contribution >= 0.6 is 0 Å². The first kappa shape index (κ1) is 15.4. The Morgan fingerprint density at radius 2 is 1.90 bits per heavy atom. The van der Waals surface area contributed by atoms with E-state index in [1.165, 1.54) is 24.8 Å². The van der Waals surface area contributed by atoms with Crippen LogP contribution in [0.2, 0.25) is 0 Å². The van der Waals surface area contributed by atoms with E-state index in [9.17, 15) is 0 Å². The van der Waals surface area contributed by atoms with Gasteiger partial charge in [-0.25, -0.2) is 0 Å². The largest absolute Gasteiger partial charge is 0.494 e. The molecule has 0 aromatic heterocycles. The summed E-state index contributed by atoms with van der Waals surface area (Å²) in [6.45, 7) is 9.77. The summed E-state index contributed by atoms with van der Waals surface area (Å²) in [7, 11) is 0. The van der Waals surface area contributed by atoms with Crippen molar-refractivity contribution in [2.75, 3.05) is 6.61 Å². The highest BCUT2D eigenvalue weighted by molar-refractivity contribution is 5.29. The second-order valence-corrected chi connectivity index (χ2v) is 6.39. The maximum atomic E-state index is 5.50. The Morgan fingerprint density at radius 3 is 2.50 bits per heavy atom. The molecule has 1 N–H and O–H groups in total. The fourth-order valence-corrected chi connectivity index (χ4v) is 3.35. The van der Waals surface area contributed by atoms with Crippen molar-refractivity contribution in [3.05, 3.63) is 29.8 Å². The van der Waals surface area contributed by atoms with Crippen molar-refractivity contribution in [2.45, 2.75) is 59.0 Å². The monoisotopic (exact) mass is 275 g/mol. The topological polar surface area (TPSA) is 21.3 Å². The summed E-state index contributed by atoms with van der Waals surface area (Å²) in [5, 5.41) is 3.82. The highest BCUT2D eigenvalue weighted by Crippen LogP contribution is 2.30. The third-order valence-electron chi connectivity index (χ3n) is 4.59. The first-order valence-corrected chi connectivity index (χ1v) is 8.09. The van der Waals surface area contributed by atoms with Crippen LogP contribution in [0.15, 0.2) is 24.3 Å². The minimum Gasteiger partial charge on any atom is -0.494 e. The Balaban J connectivity index is 1.92. The SMILES string of the molecule is CCOc1ccc(C(C)NC2CCC(C)CC2C)cc1. The lowest BCUT2D eigenvalue weighted by Gasteiger charge is -2.35. The quantitative estimate of drug-likeness (QED) is 0.850. The Hall–Kier alpha value is -1.02. The van der Waals surface area contributed by atoms with E-state index in [-0.39, 0.29) is 0 Å². The second kappa shape index (κ2) is 7.12. The van der Waals surface area contributed by atoms with E-state index < -0.39 is 0 Å². The van der Waals surface area contributed by atoms with Crippen LogP contribution in [0.3, 0.4) is 0 Å². The lowest BCUT2D eigenvalue weighted by atomic mass is 9.79. The summed E-state index contributed by atoms with van der Waals surface area (Å²) in [6.07, 6.45) is 4.02. The van der Waals surface area contributed by atoms with Gasteiger partial charge in [-0.1, -0.05) is 26.0 Å². The molecule has 1 saturated carbocycles. The molecule has 112 valence electrons. The molecule has 1 aromatic rings. The normalized spacial score (nSPS) is 28.1. The third-order valence-corrected chi connectivity index (χ3v) is 4.59. The predicted molar refractivity (Wildman–Crippen MR) is 85.1 cm³/mol. The molecule has 2 rings (SSSR count). The van der Waals surface area contributed by atoms with E-state index in [4.69, 9.17) is 4.74 Å². The average Bonchev–Trinajstić information content (AvgIpc) is 2.43. The number of benzene rings is 1. The summed E-state index contributed by atoms with van der Waals surface area (Å²) in [6, 6.07) is 9.57. The Labute approximate surface area is 123 Å². The van der Waals surface area contributed by atoms with E-state index in [1.807, 2.05) is 6.92 Å². The molecule has 0 amide bonds. The van der Waals surface area contributed by atoms with Gasteiger partial charge in [-0.2, -0.15) is 0 Å². The van der Waals surface area contributed by atoms with Gasteiger partial charge in [0.1, 0.15) is 5.75 Å². The summed E-state index contributed by atoms with van der Waals surface area (Å²) < 4.78 is 5.50. The fraction of sp³-hybridized carbons (Fsp3) is 0.667. The van der Waals surface area contributed by atoms with E-state index in [0.29, 0.717) is 12.1 Å². The van der Waals surface area contributed by atoms with Gasteiger partial charge in [0.2, 0.25) is 0 Å². The zero-order chi connectivity index (χ0) is 14.5. The van der Waals surface area contributed by atoms with Crippen LogP contribution < -0.4 is 10.1 Å². The Kier molecular flexibility index (Phi) is 5.47. The van der Waals surface area contributed by atoms with Crippen LogP contribution in [-0.4, -0.2) is 12.6 Å². The van der Waals surface area contributed by atoms with Gasteiger partial charge in [0, 0.05) is 12.1 Å². The van der Waals surface area contributed by atoms with Gasteiger partial charge in [-0.15, -0.1) is 0 Å². The Morgan fingerprint density at radius 1 is 1.20 bits per heavy atom. The molecule has 0 radical (unpaired) electrons. The minimum absolute atomic E-state index is 0.409. The van der Waals surface area contributed by atoms with Gasteiger partial charge in [0.05, 0.1) is 6.61 Å². The molecular weight excluding hydrogens is 246 g/mol. The molecule has 4 atom stereocenters. The van der Waals surface area contributed by atoms with E-state index in [1.54, 1.807) is 0 Å². The van der Waals surface area contributed by atoms with Gasteiger partial charge in [-0.3, -0.25) is 0 Å². The molecule has 20 heavy (non-hydrogen) atoms. The first-order chi connectivity index (χ1) is 9.60. The van der Waals surface area contributed by atoms with Crippen LogP contribution in [0.4, 0.5) is 0 Å². The Bertz CT molecular complexity index is 400. The van der Waals surface area contributed by atoms with Crippen molar-refractivity contribution in [1.82, 2.24) is 5.32 Å². The molecule has 4 unspecified atom stereocenters. The number of nitrogens with one attached hydrogen (secondary N) is 1. The maximum Gasteiger partial charge on any atom is 0.119 e. The van der Waals surface area contributed by atoms with Crippen molar-refractivity contribution in [3.8, 4) is 5.75 Å². The van der Waals surface area contributed by atoms with Crippen LogP contribution in [0.5, 0.6) is 5.75 Å². The smallest absolute Gasteiger partial charge is 0.119 e. The highest BCUT2D eigenvalue weighted by Gasteiger charge is 2.26. The second-order valence-electron chi connectivity index (χ2n) is 6.39. The number of rotatable bonds is 5. The lowest BCUT2D eigenvalue weighted by molar-refractivity contribution is 0.216. The van der Waals surface area contributed by atoms with Crippen LogP contribution in [0.25, 0.3) is 0 Å². The van der Waals surface area contributed by atoms with Crippen molar-refractivity contribution in [3.63, 3.8) is 0 Å². The van der Waals surface area contributed by atoms with E-state index >= 15 is 0 Å². The molecule has 0 aliphatic heterocycles. The standard InChI is InChI=1S/C18H29NO/c1-5-20-17-9-7-16(8-10-17)15(4)19-18-11-6-13(2)12-14(18)3/h7-10,13-15,18-19H,5-6,11-12H2,1-4H3. The molecule has 2 heteroatoms. The number of hydrogen-bond donors (Lipinski definition) is 1. The van der Waals surface area contributed by atoms with Crippen molar-refractivity contribution >= 4 is 0 Å². The van der Waals surface area contributed by atoms with Crippen LogP contribution in [0, 0.1) is 11.8 Å². The highest BCUT2D eigenvalue weighted by atomic mass is 16.5. The van der Waals surface area contributed by atoms with Crippen molar-refractivity contribution < 1.29 is 4.74 Å². The molecule has 1 aliphatic rings. The zero-order valence-electron chi connectivity index (χ0n) is 13.4. The van der Waals surface area contributed by atoms with Gasteiger partial charge in [0.15, 0.2) is 0 Å². The van der Waals surface area contributed by atoms with Gasteiger partial charge in [0.25, 0.3) is 0 Å². The molecular formula is C18H29NO. The van der Waals surface area contributed by atoms with E-state index in [0.717, 1.165) is 24.2 Å². The van der Waals surface area contributed by atoms with Gasteiger partial charge < -0.3 is 10.1 Å². The van der Waals surface area contributed by atoms with Crippen LogP contribution in [-0.2, 0) is 0 Å². The minimum atomic E-state index is 0.409. The van der Waals surface area contributed by atoms with Gasteiger partial charge in [-0.05, 0) is 62.6 Å². The zero-order valence-corrected chi connectivity index (χ0v) is 13.4. The summed E-state index contributed by atoms with van der Waals surface area (Å²) in [4.78, 5) is 0. The molecule has 1 aromatic carbocycles. The van der Waals surface area contributed by atoms with Crippen molar-refractivity contribution in [2.24, 2.45) is 11.8 Å². The fourth-order valence-electron chi connectivity index (χ4n) is 3.35. The van der Waals surface area contributed by atoms with Crippen LogP contribution in [0.1, 0.15) is 58.6 Å². The molecule has 1 fully saturated rings. The molecule has 1 aliphatic carbocycles. The predicted octanol–water partition coefficient (Wildman–Crippen LogP) is 4.56. The number of ether oxygens (including phenoxy) is 1. The average molecular weight is 275 g/mol. The van der Waals surface area contributed by atoms with E-state index in [2.05, 4.69) is 50.4 Å². The maximum absolute atomic E-state index is 5.50. The molecule has 2 nitrogen and oxygen atoms in total. The molecule has 0 bridgehead atoms. The van der Waals surface area contributed by atoms with Crippen molar-refractivity contribution in [1.29, 1.82) is 0 Å². The summed E-state index contributed by atoms with van der Waals surface area (Å²) in [5.74, 6) is 2.64. The molecule has 0 heterocycles. The lowest BCUT2D eigenvalue weighted by Crippen LogP contribution is -2.40. The summed E-state index contributed by atoms with van der Waals surface area (Å²) >= 11 is 0.